The highest BCUT2D eigenvalue weighted by molar-refractivity contribution is 5.85. The van der Waals surface area contributed by atoms with Gasteiger partial charge in [-0.25, -0.2) is 8.78 Å². The Morgan fingerprint density at radius 2 is 0.972 bits per heavy atom. The maximum atomic E-state index is 13.2. The summed E-state index contributed by atoms with van der Waals surface area (Å²) in [7, 11) is 0. The predicted molar refractivity (Wildman–Crippen MR) is 135 cm³/mol. The van der Waals surface area contributed by atoms with Crippen LogP contribution in [0, 0.1) is 31.9 Å². The molecule has 0 atom stereocenters. The van der Waals surface area contributed by atoms with E-state index in [1.807, 2.05) is 0 Å². The van der Waals surface area contributed by atoms with Crippen molar-refractivity contribution < 1.29 is 18.6 Å². The Kier molecular flexibility index (Phi) is 7.29. The number of hydrogen-bond donors (Lipinski definition) is 4. The number of nitrogen functional groups attached to an aromatic ring is 4. The Bertz CT molecular complexity index is 1410. The van der Waals surface area contributed by atoms with E-state index in [9.17, 15) is 29.0 Å². The van der Waals surface area contributed by atoms with E-state index in [4.69, 9.17) is 22.9 Å². The van der Waals surface area contributed by atoms with E-state index in [-0.39, 0.29) is 22.6 Å². The lowest BCUT2D eigenvalue weighted by Crippen LogP contribution is -2.02. The fourth-order valence-corrected chi connectivity index (χ4v) is 3.28. The van der Waals surface area contributed by atoms with Gasteiger partial charge >= 0.3 is 11.4 Å². The molecule has 184 valence electrons. The van der Waals surface area contributed by atoms with E-state index in [0.29, 0.717) is 22.4 Å². The fourth-order valence-electron chi connectivity index (χ4n) is 3.28. The lowest BCUT2D eigenvalue weighted by molar-refractivity contribution is -0.421. The first-order valence-electron chi connectivity index (χ1n) is 10.2. The summed E-state index contributed by atoms with van der Waals surface area (Å²) in [4.78, 5) is 20.5. The lowest BCUT2D eigenvalue weighted by Gasteiger charge is -2.06. The van der Waals surface area contributed by atoms with Crippen molar-refractivity contribution in [3.05, 3.63) is 105 Å². The zero-order chi connectivity index (χ0) is 26.6. The Morgan fingerprint density at radius 3 is 1.39 bits per heavy atom. The van der Waals surface area contributed by atoms with Crippen LogP contribution >= 0.6 is 0 Å². The number of anilines is 4. The summed E-state index contributed by atoms with van der Waals surface area (Å²) in [6.45, 7) is 0. The third kappa shape index (κ3) is 5.44. The first-order valence-corrected chi connectivity index (χ1v) is 10.2. The Balaban J connectivity index is 0.000000205. The molecule has 0 saturated carbocycles. The SMILES string of the molecule is Nc1ccc(-c2ccc(N)c(F)c2)cc1F.Nc1ccc(-c2ccc(N)c([N+](=O)[O-])c2[N+](=O)[O-])cc1. The minimum absolute atomic E-state index is 0.0691. The van der Waals surface area contributed by atoms with Gasteiger partial charge in [-0.3, -0.25) is 20.2 Å². The summed E-state index contributed by atoms with van der Waals surface area (Å²) >= 11 is 0. The van der Waals surface area contributed by atoms with Gasteiger partial charge in [-0.2, -0.15) is 0 Å². The zero-order valence-corrected chi connectivity index (χ0v) is 18.5. The zero-order valence-electron chi connectivity index (χ0n) is 18.5. The van der Waals surface area contributed by atoms with Crippen molar-refractivity contribution in [2.24, 2.45) is 0 Å². The van der Waals surface area contributed by atoms with Crippen LogP contribution in [0.1, 0.15) is 0 Å². The van der Waals surface area contributed by atoms with Crippen LogP contribution in [0.25, 0.3) is 22.3 Å². The van der Waals surface area contributed by atoms with Crippen molar-refractivity contribution in [2.45, 2.75) is 0 Å². The monoisotopic (exact) mass is 494 g/mol. The van der Waals surface area contributed by atoms with Crippen LogP contribution in [0.4, 0.5) is 42.9 Å². The number of benzene rings is 4. The molecule has 0 amide bonds. The van der Waals surface area contributed by atoms with Crippen molar-refractivity contribution >= 4 is 34.1 Å². The smallest absolute Gasteiger partial charge is 0.369 e. The first-order chi connectivity index (χ1) is 17.0. The van der Waals surface area contributed by atoms with E-state index in [1.54, 1.807) is 36.4 Å². The molecule has 4 aromatic carbocycles. The van der Waals surface area contributed by atoms with Gasteiger partial charge in [0.25, 0.3) is 0 Å². The van der Waals surface area contributed by atoms with Gasteiger partial charge in [-0.15, -0.1) is 0 Å². The average Bonchev–Trinajstić information content (AvgIpc) is 2.83. The Morgan fingerprint density at radius 1 is 0.556 bits per heavy atom. The summed E-state index contributed by atoms with van der Waals surface area (Å²) in [5.41, 5.74) is 22.5. The molecule has 0 aliphatic rings. The van der Waals surface area contributed by atoms with Crippen LogP contribution in [-0.2, 0) is 0 Å². The summed E-state index contributed by atoms with van der Waals surface area (Å²) < 4.78 is 26.4. The van der Waals surface area contributed by atoms with Gasteiger partial charge in [-0.05, 0) is 65.2 Å². The first kappa shape index (κ1) is 25.4. The third-order valence-electron chi connectivity index (χ3n) is 5.10. The fraction of sp³-hybridized carbons (Fsp3) is 0. The van der Waals surface area contributed by atoms with E-state index >= 15 is 0 Å². The molecule has 0 aromatic heterocycles. The molecule has 4 rings (SSSR count). The number of nitrogens with two attached hydrogens (primary N) is 4. The second-order valence-electron chi connectivity index (χ2n) is 7.51. The Labute approximate surface area is 203 Å². The van der Waals surface area contributed by atoms with Crippen LogP contribution in [0.2, 0.25) is 0 Å². The molecule has 0 aliphatic carbocycles. The number of halogens is 2. The van der Waals surface area contributed by atoms with Crippen molar-refractivity contribution in [3.8, 4) is 22.3 Å². The number of nitro benzene ring substituents is 2. The van der Waals surface area contributed by atoms with Gasteiger partial charge in [0.1, 0.15) is 17.3 Å². The Hall–Kier alpha value is -5.26. The van der Waals surface area contributed by atoms with Crippen molar-refractivity contribution in [2.75, 3.05) is 22.9 Å². The van der Waals surface area contributed by atoms with E-state index in [2.05, 4.69) is 0 Å². The molecule has 0 aliphatic heterocycles. The van der Waals surface area contributed by atoms with Crippen LogP contribution in [0.5, 0.6) is 0 Å². The normalized spacial score (nSPS) is 10.3. The van der Waals surface area contributed by atoms with Crippen LogP contribution in [0.3, 0.4) is 0 Å². The number of nitro groups is 2. The summed E-state index contributed by atoms with van der Waals surface area (Å²) in [6.07, 6.45) is 0. The molecule has 8 N–H and O–H groups in total. The maximum absolute atomic E-state index is 13.2. The van der Waals surface area contributed by atoms with E-state index in [1.165, 1.54) is 36.4 Å². The number of rotatable bonds is 4. The second-order valence-corrected chi connectivity index (χ2v) is 7.51. The summed E-state index contributed by atoms with van der Waals surface area (Å²) in [6, 6.07) is 17.5. The molecule has 0 fully saturated rings. The highest BCUT2D eigenvalue weighted by Gasteiger charge is 2.32. The molecule has 0 heterocycles. The van der Waals surface area contributed by atoms with Crippen LogP contribution < -0.4 is 22.9 Å². The van der Waals surface area contributed by atoms with E-state index < -0.39 is 32.9 Å². The topological polar surface area (TPSA) is 190 Å². The summed E-state index contributed by atoms with van der Waals surface area (Å²) in [5.74, 6) is -1.04. The molecule has 0 unspecified atom stereocenters. The minimum Gasteiger partial charge on any atom is -0.399 e. The van der Waals surface area contributed by atoms with Crippen molar-refractivity contribution in [3.63, 3.8) is 0 Å². The third-order valence-corrected chi connectivity index (χ3v) is 5.10. The maximum Gasteiger partial charge on any atom is 0.369 e. The van der Waals surface area contributed by atoms with Gasteiger partial charge in [-0.1, -0.05) is 24.3 Å². The molecule has 10 nitrogen and oxygen atoms in total. The van der Waals surface area contributed by atoms with E-state index in [0.717, 1.165) is 0 Å². The predicted octanol–water partition coefficient (Wildman–Crippen LogP) is 5.13. The lowest BCUT2D eigenvalue weighted by atomic mass is 10.0. The highest BCUT2D eigenvalue weighted by Crippen LogP contribution is 2.41. The molecule has 0 spiro atoms. The van der Waals surface area contributed by atoms with Crippen molar-refractivity contribution in [1.82, 2.24) is 0 Å². The van der Waals surface area contributed by atoms with Gasteiger partial charge in [0.15, 0.2) is 0 Å². The quantitative estimate of drug-likeness (QED) is 0.170. The number of nitrogens with zero attached hydrogens (tertiary/aromatic N) is 2. The molecular weight excluding hydrogens is 474 g/mol. The molecule has 4 aromatic rings. The van der Waals surface area contributed by atoms with Gasteiger partial charge in [0, 0.05) is 5.69 Å². The standard InChI is InChI=1S/C12H10F2N2.C12H10N4O4/c13-9-5-7(1-3-11(9)15)8-2-4-12(16)10(14)6-8;13-8-3-1-7(2-4-8)9-5-6-10(14)12(16(19)20)11(9)15(17)18/h1-6H,15-16H2;1-6H,13-14H2. The minimum atomic E-state index is -0.853. The van der Waals surface area contributed by atoms with Gasteiger partial charge in [0.2, 0.25) is 0 Å². The van der Waals surface area contributed by atoms with Crippen LogP contribution in [-0.4, -0.2) is 9.85 Å². The van der Waals surface area contributed by atoms with Crippen molar-refractivity contribution in [1.29, 1.82) is 0 Å². The molecule has 0 radical (unpaired) electrons. The highest BCUT2D eigenvalue weighted by atomic mass is 19.1. The molecule has 0 bridgehead atoms. The molecule has 12 heteroatoms. The largest absolute Gasteiger partial charge is 0.399 e. The molecular formula is C24H20F2N6O4. The van der Waals surface area contributed by atoms with Gasteiger partial charge < -0.3 is 22.9 Å². The molecule has 0 saturated heterocycles. The number of hydrogen-bond acceptors (Lipinski definition) is 8. The van der Waals surface area contributed by atoms with Gasteiger partial charge in [0.05, 0.1) is 26.8 Å². The average molecular weight is 494 g/mol. The second kappa shape index (κ2) is 10.3. The van der Waals surface area contributed by atoms with Crippen LogP contribution in [0.15, 0.2) is 72.8 Å². The molecule has 36 heavy (non-hydrogen) atoms. The summed E-state index contributed by atoms with van der Waals surface area (Å²) in [5, 5.41) is 22.1.